The van der Waals surface area contributed by atoms with Gasteiger partial charge in [0.05, 0.1) is 10.0 Å². The Hall–Kier alpha value is -1.59. The highest BCUT2D eigenvalue weighted by atomic mass is 35.5. The molecule has 138 valence electrons. The summed E-state index contributed by atoms with van der Waals surface area (Å²) < 4.78 is 16.6. The molecule has 2 rings (SSSR count). The van der Waals surface area contributed by atoms with Crippen molar-refractivity contribution in [3.05, 3.63) is 62.6 Å². The maximum atomic E-state index is 10.6. The van der Waals surface area contributed by atoms with Gasteiger partial charge in [-0.05, 0) is 30.3 Å². The van der Waals surface area contributed by atoms with Crippen LogP contribution in [0.25, 0.3) is 0 Å². The van der Waals surface area contributed by atoms with E-state index in [0.29, 0.717) is 32.9 Å². The Morgan fingerprint density at radius 1 is 0.885 bits per heavy atom. The molecule has 0 aliphatic carbocycles. The highest BCUT2D eigenvalue weighted by Gasteiger charge is 2.11. The van der Waals surface area contributed by atoms with E-state index < -0.39 is 0 Å². The molecule has 0 radical (unpaired) electrons. The minimum absolute atomic E-state index is 0.114. The Morgan fingerprint density at radius 3 is 2.08 bits per heavy atom. The van der Waals surface area contributed by atoms with Crippen LogP contribution in [0.1, 0.15) is 10.4 Å². The van der Waals surface area contributed by atoms with Gasteiger partial charge in [0, 0.05) is 17.7 Å². The number of hydrogen-bond acceptors (Lipinski definition) is 4. The molecule has 8 heteroatoms. The third-order valence-corrected chi connectivity index (χ3v) is 3.94. The minimum Gasteiger partial charge on any atom is -0.490 e. The first-order chi connectivity index (χ1) is 12.5. The van der Waals surface area contributed by atoms with Gasteiger partial charge in [0.15, 0.2) is 5.75 Å². The van der Waals surface area contributed by atoms with Gasteiger partial charge in [-0.3, -0.25) is 4.79 Å². The van der Waals surface area contributed by atoms with E-state index in [0.717, 1.165) is 6.29 Å². The van der Waals surface area contributed by atoms with E-state index in [2.05, 4.69) is 0 Å². The van der Waals surface area contributed by atoms with Crippen molar-refractivity contribution >= 4 is 52.7 Å². The summed E-state index contributed by atoms with van der Waals surface area (Å²) in [6.07, 6.45) is 2.26. The number of carbonyl (C=O) groups excluding carboxylic acids is 1. The zero-order valence-electron chi connectivity index (χ0n) is 13.4. The fourth-order valence-corrected chi connectivity index (χ4v) is 2.61. The molecule has 0 unspecified atom stereocenters. The summed E-state index contributed by atoms with van der Waals surface area (Å²) in [6.45, 7) is 0.704. The second-order valence-electron chi connectivity index (χ2n) is 4.90. The van der Waals surface area contributed by atoms with Crippen LogP contribution in [-0.4, -0.2) is 26.1 Å². The van der Waals surface area contributed by atoms with E-state index in [4.69, 9.17) is 60.6 Å². The van der Waals surface area contributed by atoms with Crippen LogP contribution in [0.4, 0.5) is 0 Å². The SMILES string of the molecule is O=Cc1ccc(OCCOc2c(Cl)cc(OCC=C(Cl)Cl)cc2Cl)cc1. The van der Waals surface area contributed by atoms with Crippen LogP contribution >= 0.6 is 46.4 Å². The lowest BCUT2D eigenvalue weighted by atomic mass is 10.2. The lowest BCUT2D eigenvalue weighted by Gasteiger charge is -2.13. The summed E-state index contributed by atoms with van der Waals surface area (Å²) >= 11 is 23.4. The summed E-state index contributed by atoms with van der Waals surface area (Å²) in [5.41, 5.74) is 0.582. The Balaban J connectivity index is 1.86. The number of carbonyl (C=O) groups is 1. The zero-order valence-corrected chi connectivity index (χ0v) is 16.4. The van der Waals surface area contributed by atoms with Crippen LogP contribution in [0.5, 0.6) is 17.2 Å². The first-order valence-corrected chi connectivity index (χ1v) is 8.94. The fourth-order valence-electron chi connectivity index (χ4n) is 1.90. The molecule has 0 bridgehead atoms. The Kier molecular flexibility index (Phi) is 8.39. The van der Waals surface area contributed by atoms with Crippen molar-refractivity contribution in [1.29, 1.82) is 0 Å². The zero-order chi connectivity index (χ0) is 18.9. The molecule has 0 atom stereocenters. The van der Waals surface area contributed by atoms with Crippen LogP contribution in [0.2, 0.25) is 10.0 Å². The molecule has 2 aromatic rings. The van der Waals surface area contributed by atoms with Crippen LogP contribution in [0.15, 0.2) is 47.0 Å². The summed E-state index contributed by atoms with van der Waals surface area (Å²) in [4.78, 5) is 10.6. The minimum atomic E-state index is 0.114. The summed E-state index contributed by atoms with van der Waals surface area (Å²) in [5, 5.41) is 0.618. The number of ether oxygens (including phenoxy) is 3. The van der Waals surface area contributed by atoms with E-state index in [1.165, 1.54) is 6.08 Å². The van der Waals surface area contributed by atoms with Gasteiger partial charge in [-0.1, -0.05) is 46.4 Å². The second kappa shape index (κ2) is 10.5. The average molecular weight is 436 g/mol. The lowest BCUT2D eigenvalue weighted by Crippen LogP contribution is -2.09. The van der Waals surface area contributed by atoms with Crippen LogP contribution < -0.4 is 14.2 Å². The average Bonchev–Trinajstić information content (AvgIpc) is 2.60. The normalized spacial score (nSPS) is 10.2. The number of rotatable bonds is 9. The quantitative estimate of drug-likeness (QED) is 0.360. The van der Waals surface area contributed by atoms with Crippen molar-refractivity contribution in [3.63, 3.8) is 0 Å². The van der Waals surface area contributed by atoms with Gasteiger partial charge >= 0.3 is 0 Å². The molecule has 0 fully saturated rings. The molecule has 2 aromatic carbocycles. The molecule has 0 spiro atoms. The highest BCUT2D eigenvalue weighted by Crippen LogP contribution is 2.37. The Labute approximate surface area is 171 Å². The third kappa shape index (κ3) is 6.61. The van der Waals surface area contributed by atoms with Crippen LogP contribution in [-0.2, 0) is 0 Å². The van der Waals surface area contributed by atoms with Gasteiger partial charge in [0.2, 0.25) is 0 Å². The number of aldehydes is 1. The number of halogens is 4. The van der Waals surface area contributed by atoms with E-state index >= 15 is 0 Å². The molecule has 0 amide bonds. The van der Waals surface area contributed by atoms with Crippen molar-refractivity contribution in [2.45, 2.75) is 0 Å². The molecule has 26 heavy (non-hydrogen) atoms. The molecule has 4 nitrogen and oxygen atoms in total. The largest absolute Gasteiger partial charge is 0.490 e. The Morgan fingerprint density at radius 2 is 1.50 bits per heavy atom. The smallest absolute Gasteiger partial charge is 0.156 e. The molecule has 0 heterocycles. The molecule has 0 aliphatic rings. The van der Waals surface area contributed by atoms with Gasteiger partial charge in [-0.25, -0.2) is 0 Å². The van der Waals surface area contributed by atoms with Gasteiger partial charge in [0.1, 0.15) is 42.1 Å². The predicted octanol–water partition coefficient (Wildman–Crippen LogP) is 5.96. The lowest BCUT2D eigenvalue weighted by molar-refractivity contribution is 0.112. The maximum absolute atomic E-state index is 10.6. The van der Waals surface area contributed by atoms with Gasteiger partial charge < -0.3 is 14.2 Å². The fraction of sp³-hybridized carbons (Fsp3) is 0.167. The molecule has 0 aromatic heterocycles. The van der Waals surface area contributed by atoms with E-state index in [1.54, 1.807) is 36.4 Å². The summed E-state index contributed by atoms with van der Waals surface area (Å²) in [6, 6.07) is 9.91. The molecular weight excluding hydrogens is 422 g/mol. The maximum Gasteiger partial charge on any atom is 0.156 e. The molecule has 0 saturated carbocycles. The Bertz CT molecular complexity index is 748. The summed E-state index contributed by atoms with van der Waals surface area (Å²) in [7, 11) is 0. The van der Waals surface area contributed by atoms with Gasteiger partial charge in [-0.15, -0.1) is 0 Å². The first-order valence-electron chi connectivity index (χ1n) is 7.43. The molecule has 0 saturated heterocycles. The van der Waals surface area contributed by atoms with Crippen molar-refractivity contribution in [3.8, 4) is 17.2 Å². The number of benzene rings is 2. The van der Waals surface area contributed by atoms with Crippen molar-refractivity contribution in [1.82, 2.24) is 0 Å². The van der Waals surface area contributed by atoms with Crippen LogP contribution in [0, 0.1) is 0 Å². The third-order valence-electron chi connectivity index (χ3n) is 3.07. The standard InChI is InChI=1S/C18H14Cl4O4/c19-15-9-14(24-6-5-17(21)22)10-16(20)18(15)26-8-7-25-13-3-1-12(11-23)2-4-13/h1-5,9-11H,6-8H2. The topological polar surface area (TPSA) is 44.8 Å². The molecule has 0 aliphatic heterocycles. The summed E-state index contributed by atoms with van der Waals surface area (Å²) in [5.74, 6) is 1.43. The monoisotopic (exact) mass is 434 g/mol. The molecular formula is C18H14Cl4O4. The molecule has 0 N–H and O–H groups in total. The van der Waals surface area contributed by atoms with Gasteiger partial charge in [0.25, 0.3) is 0 Å². The van der Waals surface area contributed by atoms with Crippen molar-refractivity contribution in [2.75, 3.05) is 19.8 Å². The van der Waals surface area contributed by atoms with Crippen LogP contribution in [0.3, 0.4) is 0 Å². The van der Waals surface area contributed by atoms with Crippen molar-refractivity contribution in [2.24, 2.45) is 0 Å². The highest BCUT2D eigenvalue weighted by molar-refractivity contribution is 6.55. The van der Waals surface area contributed by atoms with E-state index in [-0.39, 0.29) is 24.3 Å². The second-order valence-corrected chi connectivity index (χ2v) is 6.73. The van der Waals surface area contributed by atoms with E-state index in [1.807, 2.05) is 0 Å². The van der Waals surface area contributed by atoms with Gasteiger partial charge in [-0.2, -0.15) is 0 Å². The predicted molar refractivity (Wildman–Crippen MR) is 105 cm³/mol. The number of hydrogen-bond donors (Lipinski definition) is 0. The first kappa shape index (κ1) is 20.7. The van der Waals surface area contributed by atoms with Crippen molar-refractivity contribution < 1.29 is 19.0 Å². The van der Waals surface area contributed by atoms with E-state index in [9.17, 15) is 4.79 Å².